The average molecular weight is 301 g/mol. The molecule has 0 aromatic heterocycles. The number of phenols is 1. The molecule has 0 aliphatic rings. The Labute approximate surface area is 129 Å². The third-order valence-corrected chi connectivity index (χ3v) is 3.19. The van der Waals surface area contributed by atoms with Crippen LogP contribution in [-0.4, -0.2) is 17.9 Å². The van der Waals surface area contributed by atoms with Crippen molar-refractivity contribution < 1.29 is 5.11 Å². The van der Waals surface area contributed by atoms with Crippen molar-refractivity contribution in [1.82, 2.24) is 0 Å². The number of hydrogen-bond acceptors (Lipinski definition) is 3. The molecule has 0 unspecified atom stereocenters. The minimum Gasteiger partial charge on any atom is -0.508 e. The summed E-state index contributed by atoms with van der Waals surface area (Å²) in [6.07, 6.45) is 3.88. The van der Waals surface area contributed by atoms with Crippen molar-refractivity contribution in [3.05, 3.63) is 65.2 Å². The molecule has 0 radical (unpaired) electrons. The molecule has 0 aliphatic heterocycles. The Morgan fingerprint density at radius 3 is 2.52 bits per heavy atom. The monoisotopic (exact) mass is 300 g/mol. The zero-order valence-electron chi connectivity index (χ0n) is 12.0. The summed E-state index contributed by atoms with van der Waals surface area (Å²) in [7, 11) is 1.85. The van der Waals surface area contributed by atoms with Crippen LogP contribution in [0.25, 0.3) is 0 Å². The quantitative estimate of drug-likeness (QED) is 0.798. The number of anilines is 1. The van der Waals surface area contributed by atoms with Gasteiger partial charge in [-0.25, -0.2) is 4.99 Å². The number of aromatic hydroxyl groups is 1. The van der Waals surface area contributed by atoms with E-state index < -0.39 is 0 Å². The van der Waals surface area contributed by atoms with E-state index in [0.717, 1.165) is 22.6 Å². The second kappa shape index (κ2) is 6.95. The van der Waals surface area contributed by atoms with E-state index in [2.05, 4.69) is 10.3 Å². The summed E-state index contributed by atoms with van der Waals surface area (Å²) in [6.45, 7) is 1.95. The van der Waals surface area contributed by atoms with Gasteiger partial charge in [-0.1, -0.05) is 17.7 Å². The normalized spacial score (nSPS) is 11.9. The molecular formula is C17H17ClN2O. The maximum atomic E-state index is 9.34. The van der Waals surface area contributed by atoms with Crippen LogP contribution < -0.4 is 5.32 Å². The predicted molar refractivity (Wildman–Crippen MR) is 90.1 cm³/mol. The number of halogens is 1. The number of nitrogens with zero attached hydrogens (tertiary/aromatic N) is 1. The molecule has 2 N–H and O–H groups in total. The van der Waals surface area contributed by atoms with Crippen LogP contribution in [0.3, 0.4) is 0 Å². The zero-order chi connectivity index (χ0) is 15.2. The molecule has 0 heterocycles. The molecule has 0 aliphatic carbocycles. The number of phenolic OH excluding ortho intramolecular Hbond substituents is 1. The second-order valence-electron chi connectivity index (χ2n) is 4.45. The maximum absolute atomic E-state index is 9.34. The van der Waals surface area contributed by atoms with Gasteiger partial charge in [-0.2, -0.15) is 0 Å². The number of aliphatic imine (C=N–C) groups is 1. The highest BCUT2D eigenvalue weighted by Gasteiger charge is 2.07. The summed E-state index contributed by atoms with van der Waals surface area (Å²) < 4.78 is 0. The van der Waals surface area contributed by atoms with Gasteiger partial charge in [0.2, 0.25) is 0 Å². The fourth-order valence-corrected chi connectivity index (χ4v) is 2.13. The highest BCUT2D eigenvalue weighted by atomic mass is 35.5. The number of hydrogen-bond donors (Lipinski definition) is 2. The van der Waals surface area contributed by atoms with Gasteiger partial charge in [-0.15, -0.1) is 0 Å². The predicted octanol–water partition coefficient (Wildman–Crippen LogP) is 4.78. The minimum absolute atomic E-state index is 0.226. The molecule has 2 aromatic carbocycles. The summed E-state index contributed by atoms with van der Waals surface area (Å²) in [5.41, 5.74) is 3.48. The minimum atomic E-state index is 0.226. The topological polar surface area (TPSA) is 44.6 Å². The van der Waals surface area contributed by atoms with Crippen LogP contribution in [0.5, 0.6) is 5.75 Å². The van der Waals surface area contributed by atoms with Crippen LogP contribution in [0.2, 0.25) is 5.02 Å². The summed E-state index contributed by atoms with van der Waals surface area (Å²) in [5.74, 6) is 0.226. The Bertz CT molecular complexity index is 676. The van der Waals surface area contributed by atoms with Gasteiger partial charge in [0.1, 0.15) is 5.75 Å². The first-order valence-corrected chi connectivity index (χ1v) is 7.00. The van der Waals surface area contributed by atoms with E-state index in [9.17, 15) is 5.11 Å². The molecule has 0 atom stereocenters. The molecule has 3 nitrogen and oxygen atoms in total. The van der Waals surface area contributed by atoms with Crippen molar-refractivity contribution in [2.45, 2.75) is 6.92 Å². The number of rotatable bonds is 4. The molecule has 0 bridgehead atoms. The third kappa shape index (κ3) is 3.86. The first-order chi connectivity index (χ1) is 10.1. The Kier molecular flexibility index (Phi) is 5.01. The molecule has 0 saturated heterocycles. The Morgan fingerprint density at radius 2 is 1.90 bits per heavy atom. The van der Waals surface area contributed by atoms with Crippen molar-refractivity contribution in [1.29, 1.82) is 0 Å². The highest BCUT2D eigenvalue weighted by Crippen LogP contribution is 2.24. The van der Waals surface area contributed by atoms with Crippen LogP contribution >= 0.6 is 11.6 Å². The summed E-state index contributed by atoms with van der Waals surface area (Å²) in [6, 6.07) is 12.4. The lowest BCUT2D eigenvalue weighted by Gasteiger charge is -2.10. The van der Waals surface area contributed by atoms with E-state index in [1.54, 1.807) is 24.3 Å². The largest absolute Gasteiger partial charge is 0.508 e. The zero-order valence-corrected chi connectivity index (χ0v) is 12.7. The highest BCUT2D eigenvalue weighted by molar-refractivity contribution is 6.31. The van der Waals surface area contributed by atoms with Crippen LogP contribution in [0.1, 0.15) is 12.5 Å². The van der Waals surface area contributed by atoms with Crippen LogP contribution in [0, 0.1) is 0 Å². The molecular weight excluding hydrogens is 284 g/mol. The Hall–Kier alpha value is -2.26. The average Bonchev–Trinajstić information content (AvgIpc) is 2.49. The van der Waals surface area contributed by atoms with E-state index in [1.807, 2.05) is 44.3 Å². The fraction of sp³-hybridized carbons (Fsp3) is 0.118. The van der Waals surface area contributed by atoms with Gasteiger partial charge in [0.15, 0.2) is 0 Å². The van der Waals surface area contributed by atoms with Crippen molar-refractivity contribution in [3.8, 4) is 5.75 Å². The molecule has 0 amide bonds. The molecule has 0 fully saturated rings. The van der Waals surface area contributed by atoms with Crippen molar-refractivity contribution in [3.63, 3.8) is 0 Å². The van der Waals surface area contributed by atoms with Gasteiger partial charge in [0.05, 0.1) is 11.4 Å². The number of benzene rings is 2. The van der Waals surface area contributed by atoms with E-state index in [0.29, 0.717) is 5.02 Å². The van der Waals surface area contributed by atoms with Crippen molar-refractivity contribution in [2.75, 3.05) is 12.4 Å². The summed E-state index contributed by atoms with van der Waals surface area (Å²) in [5, 5.41) is 13.1. The van der Waals surface area contributed by atoms with Crippen LogP contribution in [0.15, 0.2) is 59.6 Å². The van der Waals surface area contributed by atoms with E-state index in [4.69, 9.17) is 11.6 Å². The second-order valence-corrected chi connectivity index (χ2v) is 4.89. The van der Waals surface area contributed by atoms with Gasteiger partial charge < -0.3 is 10.4 Å². The van der Waals surface area contributed by atoms with Crippen LogP contribution in [0.4, 0.5) is 11.4 Å². The lowest BCUT2D eigenvalue weighted by molar-refractivity contribution is 0.475. The molecule has 2 rings (SSSR count). The third-order valence-electron chi connectivity index (χ3n) is 2.95. The number of allylic oxidation sites excluding steroid dienone is 2. The van der Waals surface area contributed by atoms with Gasteiger partial charge >= 0.3 is 0 Å². The van der Waals surface area contributed by atoms with Gasteiger partial charge in [0.25, 0.3) is 0 Å². The first-order valence-electron chi connectivity index (χ1n) is 6.62. The summed E-state index contributed by atoms with van der Waals surface area (Å²) in [4.78, 5) is 4.63. The molecule has 0 saturated carbocycles. The lowest BCUT2D eigenvalue weighted by atomic mass is 10.1. The van der Waals surface area contributed by atoms with E-state index in [1.165, 1.54) is 0 Å². The van der Waals surface area contributed by atoms with Gasteiger partial charge in [-0.05, 0) is 55.5 Å². The number of nitrogens with one attached hydrogen (secondary N) is 1. The lowest BCUT2D eigenvalue weighted by Crippen LogP contribution is -2.02. The smallest absolute Gasteiger partial charge is 0.115 e. The molecule has 2 aromatic rings. The fourth-order valence-electron chi connectivity index (χ4n) is 1.96. The standard InChI is InChI=1S/C17H17ClN2O/c1-3-4-16(20-13-6-8-14(21)9-7-13)15-10-5-12(18)11-17(15)19-2/h3-11,19,21H,1-2H3/b4-3-,20-16?. The van der Waals surface area contributed by atoms with Gasteiger partial charge in [-0.3, -0.25) is 0 Å². The van der Waals surface area contributed by atoms with Gasteiger partial charge in [0, 0.05) is 23.3 Å². The molecule has 21 heavy (non-hydrogen) atoms. The Morgan fingerprint density at radius 1 is 1.19 bits per heavy atom. The van der Waals surface area contributed by atoms with Crippen molar-refractivity contribution in [2.24, 2.45) is 4.99 Å². The SMILES string of the molecule is C/C=C\C(=Nc1ccc(O)cc1)c1ccc(Cl)cc1NC. The van der Waals surface area contributed by atoms with E-state index >= 15 is 0 Å². The summed E-state index contributed by atoms with van der Waals surface area (Å²) >= 11 is 6.03. The molecule has 108 valence electrons. The van der Waals surface area contributed by atoms with E-state index in [-0.39, 0.29) is 5.75 Å². The first kappa shape index (κ1) is 15.1. The Balaban J connectivity index is 2.51. The van der Waals surface area contributed by atoms with Crippen LogP contribution in [-0.2, 0) is 0 Å². The maximum Gasteiger partial charge on any atom is 0.115 e. The molecule has 4 heteroatoms. The van der Waals surface area contributed by atoms with Crippen molar-refractivity contribution >= 4 is 28.7 Å². The molecule has 0 spiro atoms.